The minimum absolute atomic E-state index is 0.101. The number of hydrogen-bond acceptors (Lipinski definition) is 2. The minimum atomic E-state index is -5.10. The average molecular weight is 307 g/mol. The number of rotatable bonds is 2. The molecule has 0 saturated heterocycles. The highest BCUT2D eigenvalue weighted by molar-refractivity contribution is 6.29. The van der Waals surface area contributed by atoms with Gasteiger partial charge in [0.1, 0.15) is 5.15 Å². The Morgan fingerprint density at radius 1 is 1.50 bits per heavy atom. The third-order valence-corrected chi connectivity index (χ3v) is 2.95. The Labute approximate surface area is 121 Å². The van der Waals surface area contributed by atoms with E-state index in [2.05, 4.69) is 4.98 Å². The summed E-state index contributed by atoms with van der Waals surface area (Å²) in [5.74, 6) is -3.28. The van der Waals surface area contributed by atoms with Gasteiger partial charge in [0.15, 0.2) is 0 Å². The molecule has 7 heteroatoms. The van der Waals surface area contributed by atoms with Gasteiger partial charge in [-0.15, -0.1) is 0 Å². The van der Waals surface area contributed by atoms with E-state index in [0.717, 1.165) is 0 Å². The second-order valence-corrected chi connectivity index (χ2v) is 4.55. The number of nitrogens with one attached hydrogen (secondary N) is 1. The molecule has 20 heavy (non-hydrogen) atoms. The summed E-state index contributed by atoms with van der Waals surface area (Å²) in [7, 11) is 0. The molecule has 1 aromatic rings. The summed E-state index contributed by atoms with van der Waals surface area (Å²) in [6.07, 6.45) is -3.42. The van der Waals surface area contributed by atoms with Gasteiger partial charge < -0.3 is 5.32 Å². The van der Waals surface area contributed by atoms with E-state index >= 15 is 0 Å². The van der Waals surface area contributed by atoms with E-state index in [4.69, 9.17) is 14.3 Å². The van der Waals surface area contributed by atoms with Gasteiger partial charge in [0.05, 0.1) is 1.37 Å². The van der Waals surface area contributed by atoms with Crippen molar-refractivity contribution in [1.82, 2.24) is 10.3 Å². The number of pyridine rings is 1. The lowest BCUT2D eigenvalue weighted by Gasteiger charge is -2.29. The van der Waals surface area contributed by atoms with Gasteiger partial charge in [-0.1, -0.05) is 29.8 Å². The highest BCUT2D eigenvalue weighted by Gasteiger charge is 2.41. The van der Waals surface area contributed by atoms with E-state index in [1.165, 1.54) is 30.4 Å². The Kier molecular flexibility index (Phi) is 3.56. The van der Waals surface area contributed by atoms with E-state index in [0.29, 0.717) is 0 Å². The van der Waals surface area contributed by atoms with Gasteiger partial charge in [-0.3, -0.25) is 4.79 Å². The van der Waals surface area contributed by atoms with Gasteiger partial charge in [-0.05, 0) is 25.0 Å². The molecule has 2 rings (SSSR count). The number of aromatic nitrogens is 1. The molecule has 1 aliphatic rings. The van der Waals surface area contributed by atoms with E-state index < -0.39 is 30.4 Å². The third-order valence-electron chi connectivity index (χ3n) is 2.74. The highest BCUT2D eigenvalue weighted by atomic mass is 35.5. The summed E-state index contributed by atoms with van der Waals surface area (Å²) in [5.41, 5.74) is 0.189. The number of carbonyl (C=O) groups is 1. The topological polar surface area (TPSA) is 42.0 Å². The van der Waals surface area contributed by atoms with Crippen LogP contribution in [0.4, 0.5) is 13.2 Å². The maximum atomic E-state index is 12.5. The van der Waals surface area contributed by atoms with Crippen LogP contribution in [0.3, 0.4) is 0 Å². The molecular formula is C13H12ClF3N2O. The Morgan fingerprint density at radius 2 is 2.25 bits per heavy atom. The van der Waals surface area contributed by atoms with Crippen LogP contribution in [0.2, 0.25) is 5.15 Å². The third kappa shape index (κ3) is 3.50. The molecular weight excluding hydrogens is 293 g/mol. The number of nitrogens with zero attached hydrogens (tertiary/aromatic N) is 1. The predicted octanol–water partition coefficient (Wildman–Crippen LogP) is 3.22. The molecule has 0 aliphatic heterocycles. The number of amides is 1. The minimum Gasteiger partial charge on any atom is -0.345 e. The van der Waals surface area contributed by atoms with Crippen LogP contribution in [-0.2, 0) is 4.79 Å². The Balaban J connectivity index is 2.39. The molecule has 1 aromatic heterocycles. The van der Waals surface area contributed by atoms with Crippen molar-refractivity contribution >= 4 is 17.5 Å². The summed E-state index contributed by atoms with van der Waals surface area (Å²) in [5, 5.41) is 1.78. The Hall–Kier alpha value is -1.56. The van der Waals surface area contributed by atoms with Gasteiger partial charge in [-0.25, -0.2) is 4.98 Å². The predicted molar refractivity (Wildman–Crippen MR) is 68.3 cm³/mol. The monoisotopic (exact) mass is 306 g/mol. The Bertz CT molecular complexity index is 611. The van der Waals surface area contributed by atoms with Gasteiger partial charge in [0.2, 0.25) is 0 Å². The molecule has 3 nitrogen and oxygen atoms in total. The van der Waals surface area contributed by atoms with Crippen LogP contribution >= 0.6 is 11.6 Å². The molecule has 0 saturated carbocycles. The van der Waals surface area contributed by atoms with Gasteiger partial charge >= 0.3 is 12.1 Å². The Morgan fingerprint density at radius 3 is 2.90 bits per heavy atom. The van der Waals surface area contributed by atoms with Crippen molar-refractivity contribution < 1.29 is 20.7 Å². The lowest BCUT2D eigenvalue weighted by molar-refractivity contribution is -0.174. The molecule has 0 aromatic carbocycles. The van der Waals surface area contributed by atoms with E-state index in [1.807, 2.05) is 0 Å². The van der Waals surface area contributed by atoms with Gasteiger partial charge in [0.25, 0.3) is 0 Å². The SMILES string of the molecule is [2H]C1C=CC[C@@]([2H])(NC(=O)C(F)(F)F)[C@H]1c1cccc(Cl)n1. The first kappa shape index (κ1) is 12.2. The highest BCUT2D eigenvalue weighted by Crippen LogP contribution is 2.30. The van der Waals surface area contributed by atoms with Crippen molar-refractivity contribution in [2.75, 3.05) is 0 Å². The maximum absolute atomic E-state index is 12.5. The molecule has 1 amide bonds. The summed E-state index contributed by atoms with van der Waals surface area (Å²) in [6, 6.07) is 2.45. The van der Waals surface area contributed by atoms with Crippen LogP contribution in [0.25, 0.3) is 0 Å². The van der Waals surface area contributed by atoms with Crippen molar-refractivity contribution in [3.63, 3.8) is 0 Å². The molecule has 108 valence electrons. The number of allylic oxidation sites excluding steroid dienone is 1. The molecule has 3 atom stereocenters. The molecule has 0 fully saturated rings. The fourth-order valence-corrected chi connectivity index (χ4v) is 2.02. The van der Waals surface area contributed by atoms with Crippen LogP contribution in [0, 0.1) is 0 Å². The molecule has 1 unspecified atom stereocenters. The standard InChI is InChI=1S/C13H12ClF3N2O/c14-11-7-3-6-9(18-11)8-4-1-2-5-10(8)19-12(20)13(15,16)17/h1-3,6-8,10H,4-5H2,(H,19,20)/t8-,10-/m1/s1/i4D,10D/t4?,8-,10-. The summed E-state index contributed by atoms with van der Waals surface area (Å²) < 4.78 is 53.6. The van der Waals surface area contributed by atoms with Crippen molar-refractivity contribution in [2.24, 2.45) is 0 Å². The average Bonchev–Trinajstić information content (AvgIpc) is 2.37. The zero-order chi connectivity index (χ0) is 16.5. The largest absolute Gasteiger partial charge is 0.471 e. The van der Waals surface area contributed by atoms with E-state index in [-0.39, 0.29) is 17.3 Å². The van der Waals surface area contributed by atoms with E-state index in [1.54, 1.807) is 5.32 Å². The first-order valence-corrected chi connectivity index (χ1v) is 6.12. The number of hydrogen-bond donors (Lipinski definition) is 1. The first-order chi connectivity index (χ1) is 10.1. The fraction of sp³-hybridized carbons (Fsp3) is 0.385. The zero-order valence-corrected chi connectivity index (χ0v) is 10.9. The van der Waals surface area contributed by atoms with Crippen molar-refractivity contribution in [3.8, 4) is 0 Å². The number of alkyl halides is 3. The molecule has 1 heterocycles. The first-order valence-electron chi connectivity index (χ1n) is 6.82. The lowest BCUT2D eigenvalue weighted by atomic mass is 9.86. The maximum Gasteiger partial charge on any atom is 0.471 e. The van der Waals surface area contributed by atoms with Crippen LogP contribution in [0.5, 0.6) is 0 Å². The second kappa shape index (κ2) is 5.83. The smallest absolute Gasteiger partial charge is 0.345 e. The normalized spacial score (nSPS) is 31.4. The van der Waals surface area contributed by atoms with Gasteiger partial charge in [-0.2, -0.15) is 13.2 Å². The summed E-state index contributed by atoms with van der Waals surface area (Å²) in [4.78, 5) is 15.2. The second-order valence-electron chi connectivity index (χ2n) is 4.16. The van der Waals surface area contributed by atoms with Crippen molar-refractivity contribution in [1.29, 1.82) is 0 Å². The quantitative estimate of drug-likeness (QED) is 0.673. The van der Waals surface area contributed by atoms with Crippen LogP contribution in [0.15, 0.2) is 30.4 Å². The molecule has 1 N–H and O–H groups in total. The molecule has 0 bridgehead atoms. The fourth-order valence-electron chi connectivity index (χ4n) is 1.85. The van der Waals surface area contributed by atoms with Gasteiger partial charge in [0, 0.05) is 19.0 Å². The summed E-state index contributed by atoms with van der Waals surface area (Å²) in [6.45, 7) is 0. The van der Waals surface area contributed by atoms with Crippen molar-refractivity contribution in [3.05, 3.63) is 41.2 Å². The molecule has 1 aliphatic carbocycles. The molecule has 0 spiro atoms. The number of halogens is 4. The van der Waals surface area contributed by atoms with Crippen LogP contribution in [-0.4, -0.2) is 23.1 Å². The van der Waals surface area contributed by atoms with Crippen LogP contribution in [0.1, 0.15) is 27.2 Å². The van der Waals surface area contributed by atoms with Crippen molar-refractivity contribution in [2.45, 2.75) is 30.9 Å². The lowest BCUT2D eigenvalue weighted by Crippen LogP contribution is -2.46. The zero-order valence-electron chi connectivity index (χ0n) is 12.1. The van der Waals surface area contributed by atoms with Crippen LogP contribution < -0.4 is 5.32 Å². The molecule has 0 radical (unpaired) electrons. The summed E-state index contributed by atoms with van der Waals surface area (Å²) >= 11 is 5.76. The van der Waals surface area contributed by atoms with E-state index in [9.17, 15) is 18.0 Å². The number of carbonyl (C=O) groups excluding carboxylic acids is 1.